The van der Waals surface area contributed by atoms with Crippen LogP contribution in [0.25, 0.3) is 0 Å². The van der Waals surface area contributed by atoms with Crippen molar-refractivity contribution < 1.29 is 0 Å². The largest absolute Gasteiger partial charge is 0.370 e. The van der Waals surface area contributed by atoms with Gasteiger partial charge in [-0.3, -0.25) is 0 Å². The van der Waals surface area contributed by atoms with Gasteiger partial charge in [0.05, 0.1) is 5.54 Å². The van der Waals surface area contributed by atoms with Crippen molar-refractivity contribution in [3.63, 3.8) is 0 Å². The van der Waals surface area contributed by atoms with Gasteiger partial charge in [0.15, 0.2) is 0 Å². The summed E-state index contributed by atoms with van der Waals surface area (Å²) in [4.78, 5) is 13.1. The van der Waals surface area contributed by atoms with Gasteiger partial charge in [0.2, 0.25) is 0 Å². The van der Waals surface area contributed by atoms with Gasteiger partial charge >= 0.3 is 0 Å². The van der Waals surface area contributed by atoms with Crippen molar-refractivity contribution >= 4 is 23.0 Å². The predicted octanol–water partition coefficient (Wildman–Crippen LogP) is 3.02. The molecule has 19 heavy (non-hydrogen) atoms. The molecule has 2 N–H and O–H groups in total. The van der Waals surface area contributed by atoms with E-state index in [9.17, 15) is 0 Å². The van der Waals surface area contributed by atoms with E-state index in [2.05, 4.69) is 39.4 Å². The molecule has 0 fully saturated rings. The lowest BCUT2D eigenvalue weighted by Crippen LogP contribution is -2.28. The molecular weight excluding hydrogens is 258 g/mol. The van der Waals surface area contributed by atoms with Crippen molar-refractivity contribution in [1.29, 1.82) is 0 Å². The van der Waals surface area contributed by atoms with E-state index in [4.69, 9.17) is 0 Å². The van der Waals surface area contributed by atoms with Gasteiger partial charge in [-0.25, -0.2) is 15.0 Å². The van der Waals surface area contributed by atoms with E-state index in [-0.39, 0.29) is 5.54 Å². The average molecular weight is 277 g/mol. The molecule has 0 aromatic carbocycles. The summed E-state index contributed by atoms with van der Waals surface area (Å²) >= 11 is 1.64. The van der Waals surface area contributed by atoms with E-state index in [0.29, 0.717) is 0 Å². The van der Waals surface area contributed by atoms with Crippen LogP contribution in [0.3, 0.4) is 0 Å². The van der Waals surface area contributed by atoms with Gasteiger partial charge < -0.3 is 10.6 Å². The maximum atomic E-state index is 4.43. The van der Waals surface area contributed by atoms with E-state index in [1.165, 1.54) is 0 Å². The summed E-state index contributed by atoms with van der Waals surface area (Å²) in [6.45, 7) is 8.96. The normalized spacial score (nSPS) is 11.4. The van der Waals surface area contributed by atoms with Crippen LogP contribution in [-0.4, -0.2) is 21.5 Å². The highest BCUT2D eigenvalue weighted by molar-refractivity contribution is 7.09. The van der Waals surface area contributed by atoms with Gasteiger partial charge in [0.25, 0.3) is 0 Å². The molecule has 0 aliphatic rings. The van der Waals surface area contributed by atoms with Gasteiger partial charge in [0, 0.05) is 24.2 Å². The van der Waals surface area contributed by atoms with E-state index in [1.807, 2.05) is 31.5 Å². The van der Waals surface area contributed by atoms with E-state index >= 15 is 0 Å². The molecule has 2 aromatic heterocycles. The molecular formula is C13H19N5S. The second kappa shape index (κ2) is 5.52. The third-order valence-corrected chi connectivity index (χ3v) is 3.70. The number of hydrogen-bond donors (Lipinski definition) is 2. The van der Waals surface area contributed by atoms with Gasteiger partial charge in [-0.1, -0.05) is 0 Å². The number of nitrogens with zero attached hydrogens (tertiary/aromatic N) is 3. The van der Waals surface area contributed by atoms with Crippen LogP contribution in [0.5, 0.6) is 0 Å². The Kier molecular flexibility index (Phi) is 3.99. The van der Waals surface area contributed by atoms with E-state index in [0.717, 1.165) is 29.0 Å². The van der Waals surface area contributed by atoms with Gasteiger partial charge in [-0.2, -0.15) is 0 Å². The second-order valence-electron chi connectivity index (χ2n) is 4.80. The number of rotatable bonds is 5. The molecule has 0 radical (unpaired) electrons. The van der Waals surface area contributed by atoms with Crippen LogP contribution in [0, 0.1) is 6.92 Å². The van der Waals surface area contributed by atoms with Crippen molar-refractivity contribution in [1.82, 2.24) is 15.0 Å². The minimum atomic E-state index is -0.252. The summed E-state index contributed by atoms with van der Waals surface area (Å²) in [6.07, 6.45) is 1.82. The van der Waals surface area contributed by atoms with Crippen molar-refractivity contribution in [2.24, 2.45) is 0 Å². The zero-order valence-electron chi connectivity index (χ0n) is 11.7. The zero-order valence-corrected chi connectivity index (χ0v) is 12.5. The van der Waals surface area contributed by atoms with Crippen molar-refractivity contribution in [3.8, 4) is 0 Å². The highest BCUT2D eigenvalue weighted by Gasteiger charge is 2.23. The number of hydrogen-bond acceptors (Lipinski definition) is 6. The molecule has 0 saturated heterocycles. The van der Waals surface area contributed by atoms with E-state index in [1.54, 1.807) is 11.3 Å². The fourth-order valence-corrected chi connectivity index (χ4v) is 2.53. The van der Waals surface area contributed by atoms with Crippen LogP contribution in [0.15, 0.2) is 17.6 Å². The maximum absolute atomic E-state index is 4.43. The fraction of sp³-hybridized carbons (Fsp3) is 0.462. The topological polar surface area (TPSA) is 62.7 Å². The lowest BCUT2D eigenvalue weighted by molar-refractivity contribution is 0.600. The Balaban J connectivity index is 2.23. The van der Waals surface area contributed by atoms with Gasteiger partial charge in [-0.15, -0.1) is 11.3 Å². The summed E-state index contributed by atoms with van der Waals surface area (Å²) in [5.41, 5.74) is -0.252. The molecule has 0 atom stereocenters. The highest BCUT2D eigenvalue weighted by Crippen LogP contribution is 2.26. The number of nitrogens with one attached hydrogen (secondary N) is 2. The van der Waals surface area contributed by atoms with Crippen LogP contribution in [-0.2, 0) is 5.54 Å². The van der Waals surface area contributed by atoms with Crippen molar-refractivity contribution in [2.45, 2.75) is 33.2 Å². The first kappa shape index (κ1) is 13.7. The Morgan fingerprint density at radius 1 is 1.26 bits per heavy atom. The zero-order chi connectivity index (χ0) is 13.9. The number of thiazole rings is 1. The van der Waals surface area contributed by atoms with Crippen LogP contribution < -0.4 is 10.6 Å². The van der Waals surface area contributed by atoms with Gasteiger partial charge in [-0.05, 0) is 27.7 Å². The maximum Gasteiger partial charge on any atom is 0.132 e. The number of aryl methyl sites for hydroxylation is 1. The quantitative estimate of drug-likeness (QED) is 0.879. The first-order valence-electron chi connectivity index (χ1n) is 6.29. The first-order chi connectivity index (χ1) is 9.01. The monoisotopic (exact) mass is 277 g/mol. The molecule has 0 saturated carbocycles. The third kappa shape index (κ3) is 3.41. The number of anilines is 2. The minimum Gasteiger partial charge on any atom is -0.370 e. The molecule has 0 aliphatic heterocycles. The summed E-state index contributed by atoms with van der Waals surface area (Å²) in [7, 11) is 0. The Bertz CT molecular complexity index is 536. The SMILES string of the molecule is CCNc1cc(NC(C)(C)c2nccs2)nc(C)n1. The predicted molar refractivity (Wildman–Crippen MR) is 79.7 cm³/mol. The summed E-state index contributed by atoms with van der Waals surface area (Å²) in [6, 6.07) is 1.92. The van der Waals surface area contributed by atoms with Crippen LogP contribution in [0.2, 0.25) is 0 Å². The molecule has 102 valence electrons. The molecule has 6 heteroatoms. The fourth-order valence-electron chi connectivity index (χ4n) is 1.81. The molecule has 0 amide bonds. The third-order valence-electron chi connectivity index (χ3n) is 2.60. The molecule has 0 aliphatic carbocycles. The number of aromatic nitrogens is 3. The Hall–Kier alpha value is -1.69. The average Bonchev–Trinajstić information content (AvgIpc) is 2.81. The van der Waals surface area contributed by atoms with E-state index < -0.39 is 0 Å². The molecule has 2 rings (SSSR count). The highest BCUT2D eigenvalue weighted by atomic mass is 32.1. The second-order valence-corrected chi connectivity index (χ2v) is 5.70. The Labute approximate surface area is 117 Å². The van der Waals surface area contributed by atoms with Crippen LogP contribution in [0.1, 0.15) is 31.6 Å². The standard InChI is InChI=1S/C13H19N5S/c1-5-14-10-8-11(17-9(2)16-10)18-13(3,4)12-15-6-7-19-12/h6-8H,5H2,1-4H3,(H2,14,16,17,18). The lowest BCUT2D eigenvalue weighted by Gasteiger charge is -2.24. The molecule has 0 unspecified atom stereocenters. The van der Waals surface area contributed by atoms with Crippen LogP contribution >= 0.6 is 11.3 Å². The summed E-state index contributed by atoms with van der Waals surface area (Å²) in [5.74, 6) is 2.40. The molecule has 0 bridgehead atoms. The Morgan fingerprint density at radius 2 is 2.00 bits per heavy atom. The Morgan fingerprint density at radius 3 is 2.63 bits per heavy atom. The minimum absolute atomic E-state index is 0.252. The van der Waals surface area contributed by atoms with Crippen LogP contribution in [0.4, 0.5) is 11.6 Å². The van der Waals surface area contributed by atoms with Crippen molar-refractivity contribution in [3.05, 3.63) is 28.5 Å². The molecule has 2 aromatic rings. The van der Waals surface area contributed by atoms with Crippen molar-refractivity contribution in [2.75, 3.05) is 17.2 Å². The summed E-state index contributed by atoms with van der Waals surface area (Å²) in [5, 5.41) is 9.64. The summed E-state index contributed by atoms with van der Waals surface area (Å²) < 4.78 is 0. The van der Waals surface area contributed by atoms with Gasteiger partial charge in [0.1, 0.15) is 22.5 Å². The smallest absolute Gasteiger partial charge is 0.132 e. The molecule has 2 heterocycles. The lowest BCUT2D eigenvalue weighted by atomic mass is 10.1. The molecule has 5 nitrogen and oxygen atoms in total. The molecule has 0 spiro atoms. The first-order valence-corrected chi connectivity index (χ1v) is 7.17.